The molecule has 0 atom stereocenters. The van der Waals surface area contributed by atoms with Crippen LogP contribution in [-0.4, -0.2) is 58.2 Å². The van der Waals surface area contributed by atoms with Crippen molar-refractivity contribution < 1.29 is 14.3 Å². The largest absolute Gasteiger partial charge is 0.497 e. The van der Waals surface area contributed by atoms with Gasteiger partial charge in [-0.1, -0.05) is 24.3 Å². The Morgan fingerprint density at radius 1 is 1.03 bits per heavy atom. The fraction of sp³-hybridized carbons (Fsp3) is 0.391. The molecular formula is C23H33IN4O3. The number of aryl methyl sites for hydroxylation is 1. The fourth-order valence-electron chi connectivity index (χ4n) is 2.76. The van der Waals surface area contributed by atoms with E-state index in [9.17, 15) is 4.79 Å². The van der Waals surface area contributed by atoms with E-state index < -0.39 is 0 Å². The third-order valence-corrected chi connectivity index (χ3v) is 4.62. The summed E-state index contributed by atoms with van der Waals surface area (Å²) in [6.45, 7) is 3.32. The highest BCUT2D eigenvalue weighted by Gasteiger charge is 2.08. The second kappa shape index (κ2) is 13.7. The highest BCUT2D eigenvalue weighted by atomic mass is 127. The summed E-state index contributed by atoms with van der Waals surface area (Å²) in [5, 5.41) is 6.42. The van der Waals surface area contributed by atoms with Gasteiger partial charge in [0.2, 0.25) is 5.91 Å². The van der Waals surface area contributed by atoms with Crippen molar-refractivity contribution in [1.29, 1.82) is 0 Å². The third-order valence-electron chi connectivity index (χ3n) is 4.62. The lowest BCUT2D eigenvalue weighted by atomic mass is 10.1. The normalized spacial score (nSPS) is 10.7. The molecule has 0 heterocycles. The minimum Gasteiger partial charge on any atom is -0.497 e. The molecule has 0 fully saturated rings. The van der Waals surface area contributed by atoms with Crippen LogP contribution in [0.5, 0.6) is 11.5 Å². The fourth-order valence-corrected chi connectivity index (χ4v) is 2.76. The lowest BCUT2D eigenvalue weighted by molar-refractivity contribution is -0.127. The van der Waals surface area contributed by atoms with Crippen molar-refractivity contribution in [3.63, 3.8) is 0 Å². The lowest BCUT2D eigenvalue weighted by Crippen LogP contribution is -2.43. The lowest BCUT2D eigenvalue weighted by Gasteiger charge is -2.15. The molecule has 0 aromatic heterocycles. The van der Waals surface area contributed by atoms with Gasteiger partial charge in [0, 0.05) is 26.2 Å². The Hall–Kier alpha value is -2.49. The molecule has 8 heteroatoms. The van der Waals surface area contributed by atoms with Crippen molar-refractivity contribution in [2.45, 2.75) is 19.9 Å². The molecule has 2 aromatic carbocycles. The van der Waals surface area contributed by atoms with Gasteiger partial charge in [0.1, 0.15) is 11.5 Å². The Morgan fingerprint density at radius 3 is 2.35 bits per heavy atom. The van der Waals surface area contributed by atoms with Crippen LogP contribution in [0.1, 0.15) is 16.7 Å². The van der Waals surface area contributed by atoms with E-state index in [2.05, 4.69) is 15.6 Å². The number of likely N-dealkylation sites (N-methyl/N-ethyl adjacent to an activating group) is 1. The standard InChI is InChI=1S/C23H32N4O3.HI/c1-17-6-9-19(21(14-17)30-5)15-25-23(26-16-22(28)27(2)3)24-13-12-18-7-10-20(29-4)11-8-18;/h6-11,14H,12-13,15-16H2,1-5H3,(H2,24,25,26);1H. The van der Waals surface area contributed by atoms with Crippen LogP contribution in [0.4, 0.5) is 0 Å². The minimum absolute atomic E-state index is 0. The summed E-state index contributed by atoms with van der Waals surface area (Å²) in [7, 11) is 6.78. The number of benzene rings is 2. The summed E-state index contributed by atoms with van der Waals surface area (Å²) >= 11 is 0. The molecule has 2 N–H and O–H groups in total. The van der Waals surface area contributed by atoms with Crippen LogP contribution in [0, 0.1) is 6.92 Å². The molecule has 2 rings (SSSR count). The van der Waals surface area contributed by atoms with Gasteiger partial charge in [-0.2, -0.15) is 0 Å². The van der Waals surface area contributed by atoms with Crippen molar-refractivity contribution in [2.24, 2.45) is 4.99 Å². The van der Waals surface area contributed by atoms with Gasteiger partial charge >= 0.3 is 0 Å². The number of guanidine groups is 1. The molecule has 7 nitrogen and oxygen atoms in total. The van der Waals surface area contributed by atoms with Gasteiger partial charge in [-0.25, -0.2) is 4.99 Å². The number of carbonyl (C=O) groups is 1. The van der Waals surface area contributed by atoms with Gasteiger partial charge in [0.05, 0.1) is 27.3 Å². The zero-order valence-corrected chi connectivity index (χ0v) is 21.2. The third kappa shape index (κ3) is 9.04. The van der Waals surface area contributed by atoms with Gasteiger partial charge in [0.15, 0.2) is 5.96 Å². The molecule has 1 amide bonds. The molecule has 0 aliphatic carbocycles. The van der Waals surface area contributed by atoms with Crippen molar-refractivity contribution in [3.8, 4) is 11.5 Å². The smallest absolute Gasteiger partial charge is 0.241 e. The van der Waals surface area contributed by atoms with Crippen LogP contribution >= 0.6 is 24.0 Å². The molecule has 0 saturated carbocycles. The highest BCUT2D eigenvalue weighted by Crippen LogP contribution is 2.20. The van der Waals surface area contributed by atoms with Crippen LogP contribution < -0.4 is 20.1 Å². The van der Waals surface area contributed by atoms with Crippen LogP contribution in [0.25, 0.3) is 0 Å². The average Bonchev–Trinajstić information content (AvgIpc) is 2.75. The number of carbonyl (C=O) groups excluding carboxylic acids is 1. The number of hydrogen-bond acceptors (Lipinski definition) is 4. The summed E-state index contributed by atoms with van der Waals surface area (Å²) in [5.74, 6) is 2.21. The first-order valence-corrected chi connectivity index (χ1v) is 9.91. The maximum absolute atomic E-state index is 12.0. The number of methoxy groups -OCH3 is 2. The molecule has 0 aliphatic rings. The molecule has 170 valence electrons. The van der Waals surface area contributed by atoms with Crippen molar-refractivity contribution in [1.82, 2.24) is 15.5 Å². The van der Waals surface area contributed by atoms with Crippen LogP contribution in [0.3, 0.4) is 0 Å². The van der Waals surface area contributed by atoms with Crippen LogP contribution in [-0.2, 0) is 17.8 Å². The van der Waals surface area contributed by atoms with E-state index >= 15 is 0 Å². The van der Waals surface area contributed by atoms with Gasteiger partial charge in [-0.3, -0.25) is 4.79 Å². The van der Waals surface area contributed by atoms with E-state index in [1.54, 1.807) is 33.2 Å². The molecule has 0 unspecified atom stereocenters. The Balaban J connectivity index is 0.00000480. The molecule has 31 heavy (non-hydrogen) atoms. The van der Waals surface area contributed by atoms with E-state index in [1.807, 2.05) is 49.4 Å². The summed E-state index contributed by atoms with van der Waals surface area (Å²) in [5.41, 5.74) is 3.30. The van der Waals surface area contributed by atoms with E-state index in [-0.39, 0.29) is 36.4 Å². The van der Waals surface area contributed by atoms with E-state index in [1.165, 1.54) is 5.56 Å². The molecule has 0 aliphatic heterocycles. The Kier molecular flexibility index (Phi) is 11.8. The number of rotatable bonds is 9. The van der Waals surface area contributed by atoms with Gasteiger partial charge in [-0.05, 0) is 42.7 Å². The highest BCUT2D eigenvalue weighted by molar-refractivity contribution is 14.0. The molecule has 2 aromatic rings. The SMILES string of the molecule is COc1ccc(CCNC(=NCc2ccc(C)cc2OC)NCC(=O)N(C)C)cc1.I. The number of hydrogen-bond donors (Lipinski definition) is 2. The maximum Gasteiger partial charge on any atom is 0.241 e. The Labute approximate surface area is 202 Å². The van der Waals surface area contributed by atoms with Gasteiger partial charge < -0.3 is 25.0 Å². The first-order chi connectivity index (χ1) is 14.4. The summed E-state index contributed by atoms with van der Waals surface area (Å²) < 4.78 is 10.7. The monoisotopic (exact) mass is 540 g/mol. The molecule has 0 saturated heterocycles. The molecule has 0 spiro atoms. The number of nitrogens with one attached hydrogen (secondary N) is 2. The van der Waals surface area contributed by atoms with E-state index in [4.69, 9.17) is 9.47 Å². The number of nitrogens with zero attached hydrogens (tertiary/aromatic N) is 2. The van der Waals surface area contributed by atoms with Crippen LogP contribution in [0.2, 0.25) is 0 Å². The number of amides is 1. The average molecular weight is 540 g/mol. The first-order valence-electron chi connectivity index (χ1n) is 9.91. The number of ether oxygens (including phenoxy) is 2. The Morgan fingerprint density at radius 2 is 1.74 bits per heavy atom. The number of halogens is 1. The van der Waals surface area contributed by atoms with Gasteiger partial charge in [0.25, 0.3) is 0 Å². The Bertz CT molecular complexity index is 854. The summed E-state index contributed by atoms with van der Waals surface area (Å²) in [4.78, 5) is 18.2. The number of aliphatic imine (C=N–C) groups is 1. The molecule has 0 bridgehead atoms. The summed E-state index contributed by atoms with van der Waals surface area (Å²) in [6.07, 6.45) is 0.820. The van der Waals surface area contributed by atoms with E-state index in [0.717, 1.165) is 29.0 Å². The zero-order valence-electron chi connectivity index (χ0n) is 18.9. The van der Waals surface area contributed by atoms with Crippen molar-refractivity contribution in [2.75, 3.05) is 41.4 Å². The zero-order chi connectivity index (χ0) is 21.9. The molecule has 0 radical (unpaired) electrons. The van der Waals surface area contributed by atoms with Gasteiger partial charge in [-0.15, -0.1) is 24.0 Å². The first kappa shape index (κ1) is 26.5. The second-order valence-electron chi connectivity index (χ2n) is 7.15. The van der Waals surface area contributed by atoms with E-state index in [0.29, 0.717) is 19.0 Å². The van der Waals surface area contributed by atoms with Crippen molar-refractivity contribution >= 4 is 35.8 Å². The second-order valence-corrected chi connectivity index (χ2v) is 7.15. The minimum atomic E-state index is -0.0208. The summed E-state index contributed by atoms with van der Waals surface area (Å²) in [6, 6.07) is 14.0. The topological polar surface area (TPSA) is 75.2 Å². The molecular weight excluding hydrogens is 507 g/mol. The quantitative estimate of drug-likeness (QED) is 0.291. The van der Waals surface area contributed by atoms with Crippen molar-refractivity contribution in [3.05, 3.63) is 59.2 Å². The predicted molar refractivity (Wildman–Crippen MR) is 136 cm³/mol. The maximum atomic E-state index is 12.0. The van der Waals surface area contributed by atoms with Crippen LogP contribution in [0.15, 0.2) is 47.5 Å². The predicted octanol–water partition coefficient (Wildman–Crippen LogP) is 3.00.